The number of benzene rings is 1. The second-order valence-corrected chi connectivity index (χ2v) is 5.10. The average molecular weight is 318 g/mol. The van der Waals surface area contributed by atoms with Gasteiger partial charge in [-0.15, -0.1) is 0 Å². The van der Waals surface area contributed by atoms with E-state index in [1.54, 1.807) is 0 Å². The van der Waals surface area contributed by atoms with Crippen molar-refractivity contribution in [3.8, 4) is 5.75 Å². The molecule has 0 spiro atoms. The third-order valence-electron chi connectivity index (χ3n) is 3.10. The van der Waals surface area contributed by atoms with Gasteiger partial charge in [0.15, 0.2) is 0 Å². The van der Waals surface area contributed by atoms with Crippen molar-refractivity contribution in [1.29, 1.82) is 0 Å². The number of halogens is 2. The van der Waals surface area contributed by atoms with Crippen LogP contribution in [0, 0.1) is 11.7 Å². The Morgan fingerprint density at radius 1 is 1.61 bits per heavy atom. The minimum absolute atomic E-state index is 0.201. The molecule has 1 saturated heterocycles. The third-order valence-corrected chi connectivity index (χ3v) is 3.69. The molecule has 1 aliphatic rings. The van der Waals surface area contributed by atoms with Gasteiger partial charge in [-0.1, -0.05) is 0 Å². The van der Waals surface area contributed by atoms with Gasteiger partial charge in [-0.2, -0.15) is 0 Å². The topological polar surface area (TPSA) is 58.6 Å². The standard InChI is InChI=1S/C12H13BrFNO3/c1-18-11-8(3-7(14)4-9(11)13)10-2-6(5-15-10)12(16)17/h3-4,6,10,15H,2,5H2,1H3,(H,16,17). The predicted octanol–water partition coefficient (Wildman–Crippen LogP) is 2.33. The van der Waals surface area contributed by atoms with E-state index in [9.17, 15) is 9.18 Å². The smallest absolute Gasteiger partial charge is 0.307 e. The van der Waals surface area contributed by atoms with E-state index in [1.165, 1.54) is 19.2 Å². The molecule has 0 saturated carbocycles. The molecule has 2 atom stereocenters. The van der Waals surface area contributed by atoms with Gasteiger partial charge in [-0.25, -0.2) is 4.39 Å². The first-order valence-corrected chi connectivity index (χ1v) is 6.31. The highest BCUT2D eigenvalue weighted by atomic mass is 79.9. The van der Waals surface area contributed by atoms with E-state index in [4.69, 9.17) is 9.84 Å². The molecule has 2 rings (SSSR count). The van der Waals surface area contributed by atoms with E-state index in [-0.39, 0.29) is 11.9 Å². The second kappa shape index (κ2) is 5.24. The Morgan fingerprint density at radius 3 is 2.89 bits per heavy atom. The van der Waals surface area contributed by atoms with Gasteiger partial charge >= 0.3 is 5.97 Å². The minimum Gasteiger partial charge on any atom is -0.495 e. The van der Waals surface area contributed by atoms with E-state index in [1.807, 2.05) is 0 Å². The van der Waals surface area contributed by atoms with Crippen LogP contribution in [0.15, 0.2) is 16.6 Å². The summed E-state index contributed by atoms with van der Waals surface area (Å²) in [4.78, 5) is 10.9. The van der Waals surface area contributed by atoms with Gasteiger partial charge in [0.05, 0.1) is 17.5 Å². The molecule has 6 heteroatoms. The molecule has 1 fully saturated rings. The van der Waals surface area contributed by atoms with E-state index >= 15 is 0 Å². The third kappa shape index (κ3) is 2.49. The summed E-state index contributed by atoms with van der Waals surface area (Å²) in [6.45, 7) is 0.386. The number of hydrogen-bond acceptors (Lipinski definition) is 3. The van der Waals surface area contributed by atoms with Crippen molar-refractivity contribution < 1.29 is 19.0 Å². The Bertz CT molecular complexity index is 481. The maximum Gasteiger partial charge on any atom is 0.307 e. The number of carboxylic acids is 1. The van der Waals surface area contributed by atoms with Crippen molar-refractivity contribution in [2.75, 3.05) is 13.7 Å². The fraction of sp³-hybridized carbons (Fsp3) is 0.417. The Balaban J connectivity index is 2.31. The normalized spacial score (nSPS) is 23.1. The molecular formula is C12H13BrFNO3. The molecule has 1 aliphatic heterocycles. The lowest BCUT2D eigenvalue weighted by atomic mass is 9.99. The second-order valence-electron chi connectivity index (χ2n) is 4.24. The summed E-state index contributed by atoms with van der Waals surface area (Å²) < 4.78 is 19.2. The lowest BCUT2D eigenvalue weighted by Gasteiger charge is -2.16. The molecule has 1 aromatic rings. The highest BCUT2D eigenvalue weighted by Gasteiger charge is 2.32. The molecule has 2 N–H and O–H groups in total. The molecule has 0 radical (unpaired) electrons. The molecule has 98 valence electrons. The summed E-state index contributed by atoms with van der Waals surface area (Å²) in [5, 5.41) is 12.0. The van der Waals surface area contributed by atoms with Gasteiger partial charge < -0.3 is 15.2 Å². The van der Waals surface area contributed by atoms with Gasteiger partial charge in [0.2, 0.25) is 0 Å². The van der Waals surface area contributed by atoms with Crippen molar-refractivity contribution in [3.63, 3.8) is 0 Å². The van der Waals surface area contributed by atoms with Gasteiger partial charge in [0.25, 0.3) is 0 Å². The van der Waals surface area contributed by atoms with Crippen molar-refractivity contribution in [1.82, 2.24) is 5.32 Å². The summed E-state index contributed by atoms with van der Waals surface area (Å²) in [5.74, 6) is -1.11. The highest BCUT2D eigenvalue weighted by Crippen LogP contribution is 2.38. The van der Waals surface area contributed by atoms with Crippen LogP contribution in [-0.2, 0) is 4.79 Å². The summed E-state index contributed by atoms with van der Waals surface area (Å²) in [7, 11) is 1.51. The lowest BCUT2D eigenvalue weighted by Crippen LogP contribution is -2.17. The van der Waals surface area contributed by atoms with Gasteiger partial charge in [-0.3, -0.25) is 4.79 Å². The zero-order chi connectivity index (χ0) is 13.3. The van der Waals surface area contributed by atoms with Gasteiger partial charge in [0, 0.05) is 18.2 Å². The number of hydrogen-bond donors (Lipinski definition) is 2. The largest absolute Gasteiger partial charge is 0.495 e. The first-order valence-electron chi connectivity index (χ1n) is 5.52. The summed E-state index contributed by atoms with van der Waals surface area (Å²) in [6.07, 6.45) is 0.432. The van der Waals surface area contributed by atoms with Crippen LogP contribution in [0.25, 0.3) is 0 Å². The van der Waals surface area contributed by atoms with Crippen LogP contribution < -0.4 is 10.1 Å². The van der Waals surface area contributed by atoms with Crippen LogP contribution in [0.3, 0.4) is 0 Å². The molecular weight excluding hydrogens is 305 g/mol. The number of rotatable bonds is 3. The molecule has 4 nitrogen and oxygen atoms in total. The van der Waals surface area contributed by atoms with Crippen LogP contribution in [0.2, 0.25) is 0 Å². The molecule has 2 unspecified atom stereocenters. The van der Waals surface area contributed by atoms with Gasteiger partial charge in [0.1, 0.15) is 11.6 Å². The van der Waals surface area contributed by atoms with E-state index in [2.05, 4.69) is 21.2 Å². The van der Waals surface area contributed by atoms with Crippen molar-refractivity contribution in [2.45, 2.75) is 12.5 Å². The minimum atomic E-state index is -0.834. The van der Waals surface area contributed by atoms with Crippen LogP contribution in [0.4, 0.5) is 4.39 Å². The summed E-state index contributed by atoms with van der Waals surface area (Å²) in [6, 6.07) is 2.50. The summed E-state index contributed by atoms with van der Waals surface area (Å²) >= 11 is 3.24. The fourth-order valence-electron chi connectivity index (χ4n) is 2.22. The van der Waals surface area contributed by atoms with Crippen molar-refractivity contribution in [3.05, 3.63) is 28.0 Å². The molecule has 1 aromatic carbocycles. The first kappa shape index (κ1) is 13.3. The maximum absolute atomic E-state index is 13.4. The Labute approximate surface area is 112 Å². The number of carbonyl (C=O) groups is 1. The van der Waals surface area contributed by atoms with Crippen LogP contribution in [0.5, 0.6) is 5.75 Å². The fourth-order valence-corrected chi connectivity index (χ4v) is 2.82. The number of methoxy groups -OCH3 is 1. The Kier molecular flexibility index (Phi) is 3.87. The molecule has 1 heterocycles. The Hall–Kier alpha value is -1.14. The van der Waals surface area contributed by atoms with E-state index in [0.29, 0.717) is 28.8 Å². The SMILES string of the molecule is COc1c(Br)cc(F)cc1C1CC(C(=O)O)CN1. The quantitative estimate of drug-likeness (QED) is 0.898. The van der Waals surface area contributed by atoms with Crippen LogP contribution in [0.1, 0.15) is 18.0 Å². The monoisotopic (exact) mass is 317 g/mol. The van der Waals surface area contributed by atoms with Crippen LogP contribution in [-0.4, -0.2) is 24.7 Å². The molecule has 0 aliphatic carbocycles. The number of ether oxygens (including phenoxy) is 1. The highest BCUT2D eigenvalue weighted by molar-refractivity contribution is 9.10. The van der Waals surface area contributed by atoms with Crippen molar-refractivity contribution >= 4 is 21.9 Å². The van der Waals surface area contributed by atoms with Crippen LogP contribution >= 0.6 is 15.9 Å². The van der Waals surface area contributed by atoms with Gasteiger partial charge in [-0.05, 0) is 34.5 Å². The number of carboxylic acid groups (broad SMARTS) is 1. The molecule has 18 heavy (non-hydrogen) atoms. The molecule has 0 amide bonds. The maximum atomic E-state index is 13.4. The van der Waals surface area contributed by atoms with E-state index in [0.717, 1.165) is 0 Å². The number of aliphatic carboxylic acids is 1. The number of nitrogens with one attached hydrogen (secondary N) is 1. The first-order chi connectivity index (χ1) is 8.52. The molecule has 0 aromatic heterocycles. The average Bonchev–Trinajstić information content (AvgIpc) is 2.77. The zero-order valence-electron chi connectivity index (χ0n) is 9.74. The summed E-state index contributed by atoms with van der Waals surface area (Å²) in [5.41, 5.74) is 0.646. The Morgan fingerprint density at radius 2 is 2.33 bits per heavy atom. The predicted molar refractivity (Wildman–Crippen MR) is 67.1 cm³/mol. The van der Waals surface area contributed by atoms with E-state index < -0.39 is 11.9 Å². The zero-order valence-corrected chi connectivity index (χ0v) is 11.3. The lowest BCUT2D eigenvalue weighted by molar-refractivity contribution is -0.141. The molecule has 0 bridgehead atoms. The van der Waals surface area contributed by atoms with Crippen molar-refractivity contribution in [2.24, 2.45) is 5.92 Å².